The van der Waals surface area contributed by atoms with Gasteiger partial charge in [0.2, 0.25) is 0 Å². The minimum absolute atomic E-state index is 0.000697. The van der Waals surface area contributed by atoms with Crippen molar-refractivity contribution in [1.29, 1.82) is 0 Å². The molecular formula is C12H21NO. The SMILES string of the molecule is OC1C[C@H]2CCC[C@H](C1)N2CC1CC1. The Hall–Kier alpha value is -0.0800. The normalized spacial score (nSPS) is 43.9. The molecule has 0 aromatic rings. The summed E-state index contributed by atoms with van der Waals surface area (Å²) in [5.74, 6) is 1.01. The first-order chi connectivity index (χ1) is 6.83. The fourth-order valence-corrected chi connectivity index (χ4v) is 3.35. The lowest BCUT2D eigenvalue weighted by Crippen LogP contribution is -2.53. The van der Waals surface area contributed by atoms with E-state index in [1.807, 2.05) is 0 Å². The second-order valence-electron chi connectivity index (χ2n) is 5.50. The van der Waals surface area contributed by atoms with Gasteiger partial charge in [-0.05, 0) is 44.4 Å². The van der Waals surface area contributed by atoms with Crippen LogP contribution in [0.15, 0.2) is 0 Å². The number of aliphatic hydroxyl groups is 1. The van der Waals surface area contributed by atoms with E-state index in [0.717, 1.165) is 30.8 Å². The van der Waals surface area contributed by atoms with Gasteiger partial charge in [-0.2, -0.15) is 0 Å². The monoisotopic (exact) mass is 195 g/mol. The first-order valence-corrected chi connectivity index (χ1v) is 6.27. The molecule has 3 fully saturated rings. The van der Waals surface area contributed by atoms with Crippen molar-refractivity contribution in [2.45, 2.75) is 63.1 Å². The maximum Gasteiger partial charge on any atom is 0.0570 e. The molecule has 2 aliphatic heterocycles. The van der Waals surface area contributed by atoms with Crippen LogP contribution in [0.25, 0.3) is 0 Å². The Balaban J connectivity index is 1.68. The molecule has 1 aliphatic carbocycles. The van der Waals surface area contributed by atoms with E-state index < -0.39 is 0 Å². The van der Waals surface area contributed by atoms with Crippen molar-refractivity contribution in [3.63, 3.8) is 0 Å². The van der Waals surface area contributed by atoms with Gasteiger partial charge in [0.05, 0.1) is 6.10 Å². The van der Waals surface area contributed by atoms with Gasteiger partial charge in [0.25, 0.3) is 0 Å². The number of fused-ring (bicyclic) bond motifs is 2. The second-order valence-corrected chi connectivity index (χ2v) is 5.50. The van der Waals surface area contributed by atoms with Gasteiger partial charge in [-0.15, -0.1) is 0 Å². The molecule has 0 aromatic carbocycles. The molecule has 0 aromatic heterocycles. The maximum atomic E-state index is 9.76. The summed E-state index contributed by atoms with van der Waals surface area (Å²) < 4.78 is 0. The predicted octanol–water partition coefficient (Wildman–Crippen LogP) is 1.77. The van der Waals surface area contributed by atoms with Gasteiger partial charge in [-0.25, -0.2) is 0 Å². The van der Waals surface area contributed by atoms with E-state index in [0.29, 0.717) is 0 Å². The van der Waals surface area contributed by atoms with E-state index in [2.05, 4.69) is 4.90 Å². The zero-order chi connectivity index (χ0) is 9.54. The van der Waals surface area contributed by atoms with Crippen LogP contribution in [0.3, 0.4) is 0 Å². The molecule has 2 atom stereocenters. The quantitative estimate of drug-likeness (QED) is 0.726. The van der Waals surface area contributed by atoms with E-state index in [4.69, 9.17) is 0 Å². The topological polar surface area (TPSA) is 23.5 Å². The van der Waals surface area contributed by atoms with E-state index in [9.17, 15) is 5.11 Å². The summed E-state index contributed by atoms with van der Waals surface area (Å²) in [5.41, 5.74) is 0. The average Bonchev–Trinajstić information content (AvgIpc) is 2.90. The van der Waals surface area contributed by atoms with Crippen LogP contribution in [0, 0.1) is 5.92 Å². The Morgan fingerprint density at radius 1 is 1.00 bits per heavy atom. The van der Waals surface area contributed by atoms with E-state index in [1.165, 1.54) is 38.6 Å². The largest absolute Gasteiger partial charge is 0.393 e. The van der Waals surface area contributed by atoms with Crippen LogP contribution in [0.2, 0.25) is 0 Å². The first-order valence-electron chi connectivity index (χ1n) is 6.27. The highest BCUT2D eigenvalue weighted by atomic mass is 16.3. The molecule has 2 saturated heterocycles. The van der Waals surface area contributed by atoms with Gasteiger partial charge in [0, 0.05) is 18.6 Å². The molecule has 1 N–H and O–H groups in total. The van der Waals surface area contributed by atoms with Crippen LogP contribution < -0.4 is 0 Å². The van der Waals surface area contributed by atoms with Crippen LogP contribution in [-0.2, 0) is 0 Å². The van der Waals surface area contributed by atoms with Crippen LogP contribution >= 0.6 is 0 Å². The third kappa shape index (κ3) is 1.70. The highest BCUT2D eigenvalue weighted by Crippen LogP contribution is 2.38. The van der Waals surface area contributed by atoms with Gasteiger partial charge < -0.3 is 5.11 Å². The molecule has 2 heterocycles. The standard InChI is InChI=1S/C12H21NO/c14-12-6-10-2-1-3-11(7-12)13(10)8-9-4-5-9/h9-12,14H,1-8H2/t10-,11-/m1/s1. The summed E-state index contributed by atoms with van der Waals surface area (Å²) in [6.45, 7) is 1.34. The molecule has 3 rings (SSSR count). The zero-order valence-electron chi connectivity index (χ0n) is 8.86. The third-order valence-electron chi connectivity index (χ3n) is 4.27. The Labute approximate surface area is 86.3 Å². The number of rotatable bonds is 2. The maximum absolute atomic E-state index is 9.76. The van der Waals surface area contributed by atoms with Crippen molar-refractivity contribution in [1.82, 2.24) is 4.90 Å². The van der Waals surface area contributed by atoms with Crippen molar-refractivity contribution in [2.24, 2.45) is 5.92 Å². The van der Waals surface area contributed by atoms with Crippen molar-refractivity contribution in [3.05, 3.63) is 0 Å². The molecule has 2 bridgehead atoms. The van der Waals surface area contributed by atoms with Gasteiger partial charge in [0.1, 0.15) is 0 Å². The third-order valence-corrected chi connectivity index (χ3v) is 4.27. The van der Waals surface area contributed by atoms with E-state index in [-0.39, 0.29) is 6.10 Å². The molecule has 80 valence electrons. The number of aliphatic hydroxyl groups excluding tert-OH is 1. The van der Waals surface area contributed by atoms with Gasteiger partial charge in [-0.3, -0.25) is 4.90 Å². The van der Waals surface area contributed by atoms with Gasteiger partial charge in [-0.1, -0.05) is 6.42 Å². The minimum Gasteiger partial charge on any atom is -0.393 e. The van der Waals surface area contributed by atoms with E-state index >= 15 is 0 Å². The molecule has 3 aliphatic rings. The van der Waals surface area contributed by atoms with Crippen LogP contribution in [0.1, 0.15) is 44.9 Å². The Morgan fingerprint density at radius 2 is 1.64 bits per heavy atom. The molecular weight excluding hydrogens is 174 g/mol. The molecule has 2 nitrogen and oxygen atoms in total. The lowest BCUT2D eigenvalue weighted by Gasteiger charge is -2.48. The summed E-state index contributed by atoms with van der Waals surface area (Å²) in [5, 5.41) is 9.76. The van der Waals surface area contributed by atoms with E-state index in [1.54, 1.807) is 0 Å². The van der Waals surface area contributed by atoms with Gasteiger partial charge in [0.15, 0.2) is 0 Å². The lowest BCUT2D eigenvalue weighted by molar-refractivity contribution is -0.0285. The summed E-state index contributed by atoms with van der Waals surface area (Å²) in [4.78, 5) is 2.73. The average molecular weight is 195 g/mol. The minimum atomic E-state index is 0.000697. The molecule has 0 radical (unpaired) electrons. The molecule has 0 unspecified atom stereocenters. The summed E-state index contributed by atoms with van der Waals surface area (Å²) in [6.07, 6.45) is 9.06. The van der Waals surface area contributed by atoms with Crippen molar-refractivity contribution in [2.75, 3.05) is 6.54 Å². The Morgan fingerprint density at radius 3 is 2.21 bits per heavy atom. The highest BCUT2D eigenvalue weighted by molar-refractivity contribution is 4.94. The summed E-state index contributed by atoms with van der Waals surface area (Å²) in [6, 6.07) is 1.44. The van der Waals surface area contributed by atoms with Gasteiger partial charge >= 0.3 is 0 Å². The Bertz CT molecular complexity index is 200. The molecule has 0 amide bonds. The second kappa shape index (κ2) is 3.49. The molecule has 2 heteroatoms. The zero-order valence-corrected chi connectivity index (χ0v) is 8.86. The van der Waals surface area contributed by atoms with Crippen molar-refractivity contribution < 1.29 is 5.11 Å². The molecule has 1 saturated carbocycles. The van der Waals surface area contributed by atoms with Crippen LogP contribution in [-0.4, -0.2) is 34.7 Å². The Kier molecular flexibility index (Phi) is 2.29. The fourth-order valence-electron chi connectivity index (χ4n) is 3.35. The fraction of sp³-hybridized carbons (Fsp3) is 1.00. The lowest BCUT2D eigenvalue weighted by atomic mass is 9.83. The predicted molar refractivity (Wildman–Crippen MR) is 56.1 cm³/mol. The number of hydrogen-bond donors (Lipinski definition) is 1. The summed E-state index contributed by atoms with van der Waals surface area (Å²) in [7, 11) is 0. The van der Waals surface area contributed by atoms with Crippen LogP contribution in [0.4, 0.5) is 0 Å². The summed E-state index contributed by atoms with van der Waals surface area (Å²) >= 11 is 0. The molecule has 14 heavy (non-hydrogen) atoms. The number of nitrogens with zero attached hydrogens (tertiary/aromatic N) is 1. The first kappa shape index (κ1) is 9.17. The van der Waals surface area contributed by atoms with Crippen molar-refractivity contribution in [3.8, 4) is 0 Å². The van der Waals surface area contributed by atoms with Crippen molar-refractivity contribution >= 4 is 0 Å². The number of hydrogen-bond acceptors (Lipinski definition) is 2. The number of piperidine rings is 2. The van der Waals surface area contributed by atoms with Crippen LogP contribution in [0.5, 0.6) is 0 Å². The molecule has 0 spiro atoms. The highest BCUT2D eigenvalue weighted by Gasteiger charge is 2.39. The smallest absolute Gasteiger partial charge is 0.0570 e.